The number of hydrogen-bond acceptors (Lipinski definition) is 21. The number of nitrogen functional groups attached to an aromatic ring is 1. The molecule has 68 heavy (non-hydrogen) atoms. The van der Waals surface area contributed by atoms with Crippen LogP contribution in [0.4, 0.5) is 5.82 Å². The van der Waals surface area contributed by atoms with Crippen molar-refractivity contribution in [2.75, 3.05) is 37.8 Å². The Morgan fingerprint density at radius 3 is 2.19 bits per heavy atom. The van der Waals surface area contributed by atoms with Crippen molar-refractivity contribution in [1.29, 1.82) is 0 Å². The first-order valence-electron chi connectivity index (χ1n) is 21.2. The van der Waals surface area contributed by atoms with E-state index in [4.69, 9.17) is 10.5 Å². The topological polar surface area (TPSA) is 482 Å². The zero-order valence-corrected chi connectivity index (χ0v) is 43.1. The van der Waals surface area contributed by atoms with Crippen LogP contribution in [0.25, 0.3) is 11.2 Å². The standard InChI is InChI=1S/C37H64N7O17P3S.3H3N/c1-4-5-6-7-8-9-10-11-12-13-14-15-16-17-28(46)65-21-20-39-27(45)18-19-40-35(49)32(48)37(2,3)23-58-64(55,56)61-63(53,54)57-22-26-31(60-62(50,51)52)30(47)36(59-26)44-25-43-29-33(38)41-24-42-34(29)44;;;/h9-10,24-26,30-32,36,47-48H,4-8,11-23H2,1-3H3,(H,39,45)(H,40,49)(H,53,54)(H,55,56)(H2,38,41,42)(H2,50,51,52);3*1H3/b10-9-;;;/t26-,30?,31+,32+,36-;;;/m1.../s1. The number of nitrogens with one attached hydrogen (secondary N) is 2. The van der Waals surface area contributed by atoms with E-state index in [9.17, 15) is 57.9 Å². The lowest BCUT2D eigenvalue weighted by atomic mass is 9.87. The monoisotopic (exact) mass is 1050 g/mol. The zero-order chi connectivity index (χ0) is 48.3. The number of aromatic nitrogens is 4. The maximum Gasteiger partial charge on any atom is 0.274 e. The lowest BCUT2D eigenvalue weighted by molar-refractivity contribution is -0.247. The molecule has 2 aromatic rings. The van der Waals surface area contributed by atoms with Crippen LogP contribution in [0.3, 0.4) is 0 Å². The third-order valence-corrected chi connectivity index (χ3v) is 13.8. The van der Waals surface area contributed by atoms with Crippen LogP contribution in [0, 0.1) is 5.41 Å². The Labute approximate surface area is 400 Å². The van der Waals surface area contributed by atoms with Gasteiger partial charge in [-0.2, -0.15) is 0 Å². The number of carbonyl (C=O) groups excluding carboxylic acids is 3. The second-order valence-electron chi connectivity index (χ2n) is 15.9. The molecule has 1 aliphatic heterocycles. The third-order valence-electron chi connectivity index (χ3n) is 9.89. The van der Waals surface area contributed by atoms with E-state index in [1.165, 1.54) is 39.5 Å². The summed E-state index contributed by atoms with van der Waals surface area (Å²) in [5.74, 6) is -1.12. The summed E-state index contributed by atoms with van der Waals surface area (Å²) in [6.45, 7) is 2.42. The summed E-state index contributed by atoms with van der Waals surface area (Å²) >= 11 is 1.14. The van der Waals surface area contributed by atoms with Gasteiger partial charge in [0.1, 0.15) is 36.3 Å². The molecule has 0 spiro atoms. The summed E-state index contributed by atoms with van der Waals surface area (Å²) < 4.78 is 61.1. The summed E-state index contributed by atoms with van der Waals surface area (Å²) in [5.41, 5.74) is 4.13. The highest BCUT2D eigenvalue weighted by Crippen LogP contribution is 2.56. The molecule has 0 bridgehead atoms. The second-order valence-corrected chi connectivity index (χ2v) is 21.1. The number of phosphoric ester groups is 3. The molecule has 1 aliphatic rings. The van der Waals surface area contributed by atoms with Crippen LogP contribution in [0.2, 0.25) is 0 Å². The minimum absolute atomic E-state index is 0. The molecule has 0 aliphatic carbocycles. The maximum atomic E-state index is 12.6. The number of amides is 2. The molecule has 4 unspecified atom stereocenters. The van der Waals surface area contributed by atoms with Gasteiger partial charge < -0.3 is 82.9 Å². The Kier molecular flexibility index (Phi) is 30.2. The number of nitrogens with two attached hydrogens (primary N) is 1. The Morgan fingerprint density at radius 1 is 0.926 bits per heavy atom. The van der Waals surface area contributed by atoms with Crippen LogP contribution < -0.4 is 49.5 Å². The minimum atomic E-state index is -5.90. The number of hydrogen-bond donors (Lipinski definition) is 9. The van der Waals surface area contributed by atoms with Gasteiger partial charge in [0.15, 0.2) is 22.8 Å². The van der Waals surface area contributed by atoms with E-state index < -0.39 is 84.6 Å². The zero-order valence-electron chi connectivity index (χ0n) is 39.6. The summed E-state index contributed by atoms with van der Waals surface area (Å²) in [4.78, 5) is 94.7. The van der Waals surface area contributed by atoms with Gasteiger partial charge in [-0.3, -0.25) is 32.6 Å². The van der Waals surface area contributed by atoms with Crippen LogP contribution in [0.5, 0.6) is 0 Å². The summed E-state index contributed by atoms with van der Waals surface area (Å²) in [6, 6.07) is 0. The normalized spacial score (nSPS) is 20.2. The van der Waals surface area contributed by atoms with Crippen LogP contribution in [-0.4, -0.2) is 108 Å². The molecule has 394 valence electrons. The number of unbranched alkanes of at least 4 members (excludes halogenated alkanes) is 9. The maximum absolute atomic E-state index is 12.6. The van der Waals surface area contributed by atoms with Crippen molar-refractivity contribution in [3.63, 3.8) is 0 Å². The Hall–Kier alpha value is -2.82. The molecular formula is C37H73N10O17P3S. The lowest BCUT2D eigenvalue weighted by Gasteiger charge is -2.35. The van der Waals surface area contributed by atoms with Gasteiger partial charge in [0.2, 0.25) is 11.8 Å². The number of anilines is 1. The number of carbonyl (C=O) groups is 3. The Bertz CT molecular complexity index is 2020. The molecule has 31 heteroatoms. The number of rotatable bonds is 32. The fraction of sp³-hybridized carbons (Fsp3) is 0.730. The third kappa shape index (κ3) is 23.4. The van der Waals surface area contributed by atoms with E-state index in [1.54, 1.807) is 0 Å². The van der Waals surface area contributed by atoms with Crippen molar-refractivity contribution in [2.24, 2.45) is 5.41 Å². The number of nitrogens with zero attached hydrogens (tertiary/aromatic N) is 4. The predicted octanol–water partition coefficient (Wildman–Crippen LogP) is 3.15. The van der Waals surface area contributed by atoms with Crippen molar-refractivity contribution in [3.8, 4) is 0 Å². The smallest absolute Gasteiger partial charge is 0.274 e. The molecule has 1 saturated heterocycles. The number of allylic oxidation sites excluding steroid dienone is 2. The average molecular weight is 1060 g/mol. The number of quaternary nitrogens is 3. The highest BCUT2D eigenvalue weighted by molar-refractivity contribution is 8.13. The van der Waals surface area contributed by atoms with Gasteiger partial charge in [0.05, 0.1) is 19.5 Å². The SMILES string of the molecule is CCCCCC/C=C\CCCCCCCC(=O)SCCNC(=O)CCNC(=O)[C@H](O)C(C)(C)COP(=O)([O-])OP(=O)([O-])OC[C@H]1O[C@@H](n2cnc3c(N)ncnc32)C(O)[C@H]1OP(=O)([O-])O.[NH4+].[NH4+].[NH4+]. The van der Waals surface area contributed by atoms with Crippen molar-refractivity contribution < 1.29 is 80.5 Å². The summed E-state index contributed by atoms with van der Waals surface area (Å²) in [5, 5.41) is 26.5. The van der Waals surface area contributed by atoms with E-state index in [-0.39, 0.29) is 60.1 Å². The molecule has 0 radical (unpaired) electrons. The van der Waals surface area contributed by atoms with Crippen molar-refractivity contribution >= 4 is 69.1 Å². The van der Waals surface area contributed by atoms with Gasteiger partial charge in [0.25, 0.3) is 23.5 Å². The van der Waals surface area contributed by atoms with E-state index in [0.29, 0.717) is 12.2 Å². The molecule has 8 atom stereocenters. The van der Waals surface area contributed by atoms with Crippen molar-refractivity contribution in [2.45, 2.75) is 135 Å². The molecular weight excluding hydrogens is 981 g/mol. The van der Waals surface area contributed by atoms with E-state index >= 15 is 0 Å². The minimum Gasteiger partial charge on any atom is -0.756 e. The van der Waals surface area contributed by atoms with Crippen molar-refractivity contribution in [1.82, 2.24) is 48.6 Å². The van der Waals surface area contributed by atoms with Crippen LogP contribution in [0.15, 0.2) is 24.8 Å². The van der Waals surface area contributed by atoms with Gasteiger partial charge in [-0.25, -0.2) is 19.3 Å². The Balaban J connectivity index is 0.0000150. The largest absolute Gasteiger partial charge is 0.756 e. The highest BCUT2D eigenvalue weighted by atomic mass is 32.2. The molecule has 3 heterocycles. The molecule has 2 aromatic heterocycles. The van der Waals surface area contributed by atoms with Crippen LogP contribution in [0.1, 0.15) is 110 Å². The van der Waals surface area contributed by atoms with Crippen LogP contribution in [-0.2, 0) is 50.7 Å². The fourth-order valence-electron chi connectivity index (χ4n) is 6.34. The number of aliphatic hydroxyl groups excluding tert-OH is 2. The first-order valence-corrected chi connectivity index (χ1v) is 26.6. The number of fused-ring (bicyclic) bond motifs is 1. The van der Waals surface area contributed by atoms with Crippen molar-refractivity contribution in [3.05, 3.63) is 24.8 Å². The summed E-state index contributed by atoms with van der Waals surface area (Å²) in [6.07, 6.45) is 10.1. The van der Waals surface area contributed by atoms with Gasteiger partial charge in [-0.1, -0.05) is 83.2 Å². The van der Waals surface area contributed by atoms with E-state index in [0.717, 1.165) is 73.9 Å². The number of imidazole rings is 1. The molecule has 1 fully saturated rings. The first-order chi connectivity index (χ1) is 30.6. The number of phosphoric acid groups is 3. The molecule has 3 rings (SSSR count). The first kappa shape index (κ1) is 65.2. The predicted molar refractivity (Wildman–Crippen MR) is 249 cm³/mol. The van der Waals surface area contributed by atoms with Gasteiger partial charge in [-0.05, 0) is 32.1 Å². The Morgan fingerprint density at radius 2 is 1.54 bits per heavy atom. The molecule has 0 aromatic carbocycles. The fourth-order valence-corrected chi connectivity index (χ4v) is 9.80. The van der Waals surface area contributed by atoms with Crippen LogP contribution >= 0.6 is 35.2 Å². The van der Waals surface area contributed by atoms with Gasteiger partial charge in [-0.15, -0.1) is 0 Å². The highest BCUT2D eigenvalue weighted by Gasteiger charge is 2.48. The van der Waals surface area contributed by atoms with E-state index in [1.807, 2.05) is 0 Å². The second kappa shape index (κ2) is 31.5. The average Bonchev–Trinajstić information content (AvgIpc) is 3.79. The molecule has 0 saturated carbocycles. The quantitative estimate of drug-likeness (QED) is 0.0289. The van der Waals surface area contributed by atoms with E-state index in [2.05, 4.69) is 62.5 Å². The van der Waals surface area contributed by atoms with Gasteiger partial charge >= 0.3 is 0 Å². The number of aliphatic hydroxyl groups is 2. The van der Waals surface area contributed by atoms with Gasteiger partial charge in [0, 0.05) is 37.1 Å². The number of thioether (sulfide) groups is 1. The molecule has 27 nitrogen and oxygen atoms in total. The number of ether oxygens (including phenoxy) is 1. The lowest BCUT2D eigenvalue weighted by Crippen LogP contribution is -2.46. The summed E-state index contributed by atoms with van der Waals surface area (Å²) in [7, 11) is -17.3. The molecule has 19 N–H and O–H groups in total. The molecule has 2 amide bonds.